The number of aromatic nitrogens is 4. The maximum absolute atomic E-state index is 12.9. The fourth-order valence-corrected chi connectivity index (χ4v) is 4.40. The zero-order valence-corrected chi connectivity index (χ0v) is 18.4. The molecule has 8 heteroatoms. The number of para-hydroxylation sites is 1. The van der Waals surface area contributed by atoms with Gasteiger partial charge in [-0.05, 0) is 43.3 Å². The van der Waals surface area contributed by atoms with E-state index in [0.29, 0.717) is 41.7 Å². The molecular weight excluding hydrogens is 424 g/mol. The van der Waals surface area contributed by atoms with Crippen molar-refractivity contribution >= 4 is 17.3 Å². The van der Waals surface area contributed by atoms with Gasteiger partial charge in [-0.1, -0.05) is 29.8 Å². The number of nitrogens with zero attached hydrogens (tertiary/aromatic N) is 4. The van der Waals surface area contributed by atoms with Gasteiger partial charge in [-0.3, -0.25) is 9.69 Å². The van der Waals surface area contributed by atoms with E-state index >= 15 is 0 Å². The normalized spacial score (nSPS) is 13.8. The maximum Gasteiger partial charge on any atom is 0.255 e. The minimum absolute atomic E-state index is 0.102. The summed E-state index contributed by atoms with van der Waals surface area (Å²) in [7, 11) is 0. The number of H-pyrrole nitrogens is 1. The Labute approximate surface area is 190 Å². The second-order valence-electron chi connectivity index (χ2n) is 8.02. The van der Waals surface area contributed by atoms with Crippen molar-refractivity contribution in [3.05, 3.63) is 92.6 Å². The second-order valence-corrected chi connectivity index (χ2v) is 8.38. The molecule has 0 saturated carbocycles. The number of nitrogens with two attached hydrogens (primary N) is 1. The topological polar surface area (TPSA) is 92.8 Å². The Morgan fingerprint density at radius 2 is 1.88 bits per heavy atom. The van der Waals surface area contributed by atoms with Crippen LogP contribution in [-0.2, 0) is 19.5 Å². The molecule has 0 aliphatic carbocycles. The van der Waals surface area contributed by atoms with Crippen LogP contribution in [0.15, 0.2) is 59.4 Å². The van der Waals surface area contributed by atoms with E-state index in [-0.39, 0.29) is 5.56 Å². The Morgan fingerprint density at radius 3 is 2.62 bits per heavy atom. The highest BCUT2D eigenvalue weighted by atomic mass is 35.5. The lowest BCUT2D eigenvalue weighted by Gasteiger charge is -2.27. The first-order valence-electron chi connectivity index (χ1n) is 10.5. The predicted molar refractivity (Wildman–Crippen MR) is 126 cm³/mol. The van der Waals surface area contributed by atoms with Gasteiger partial charge in [0.1, 0.15) is 11.0 Å². The van der Waals surface area contributed by atoms with Gasteiger partial charge in [-0.15, -0.1) is 0 Å². The summed E-state index contributed by atoms with van der Waals surface area (Å²) in [6.45, 7) is 3.89. The van der Waals surface area contributed by atoms with Crippen LogP contribution < -0.4 is 11.3 Å². The summed E-state index contributed by atoms with van der Waals surface area (Å²) in [6, 6.07) is 17.2. The zero-order valence-electron chi connectivity index (χ0n) is 17.7. The number of aromatic amines is 1. The van der Waals surface area contributed by atoms with Gasteiger partial charge in [-0.25, -0.2) is 9.67 Å². The lowest BCUT2D eigenvalue weighted by atomic mass is 10.1. The molecule has 2 aromatic heterocycles. The molecule has 0 radical (unpaired) electrons. The number of benzene rings is 2. The molecule has 0 amide bonds. The Morgan fingerprint density at radius 1 is 1.12 bits per heavy atom. The summed E-state index contributed by atoms with van der Waals surface area (Å²) in [4.78, 5) is 22.7. The Kier molecular flexibility index (Phi) is 5.28. The minimum Gasteiger partial charge on any atom is -0.399 e. The van der Waals surface area contributed by atoms with E-state index in [0.717, 1.165) is 34.7 Å². The number of hydrogen-bond acceptors (Lipinski definition) is 5. The van der Waals surface area contributed by atoms with Crippen molar-refractivity contribution in [3.63, 3.8) is 0 Å². The van der Waals surface area contributed by atoms with Gasteiger partial charge in [0.25, 0.3) is 5.56 Å². The monoisotopic (exact) mass is 446 g/mol. The van der Waals surface area contributed by atoms with Crippen LogP contribution in [0, 0.1) is 6.92 Å². The number of nitrogen functional groups attached to an aromatic ring is 1. The van der Waals surface area contributed by atoms with Crippen molar-refractivity contribution in [3.8, 4) is 17.1 Å². The Balaban J connectivity index is 1.39. The van der Waals surface area contributed by atoms with Crippen molar-refractivity contribution < 1.29 is 0 Å². The van der Waals surface area contributed by atoms with Crippen LogP contribution in [0.2, 0.25) is 5.15 Å². The van der Waals surface area contributed by atoms with Crippen LogP contribution in [0.1, 0.15) is 22.5 Å². The largest absolute Gasteiger partial charge is 0.399 e. The van der Waals surface area contributed by atoms with Crippen LogP contribution in [0.3, 0.4) is 0 Å². The van der Waals surface area contributed by atoms with E-state index in [1.54, 1.807) is 16.8 Å². The third kappa shape index (κ3) is 3.81. The molecule has 4 aromatic rings. The highest BCUT2D eigenvalue weighted by Gasteiger charge is 2.24. The van der Waals surface area contributed by atoms with Crippen molar-refractivity contribution in [1.29, 1.82) is 0 Å². The number of nitrogens with one attached hydrogen (secondary N) is 1. The summed E-state index contributed by atoms with van der Waals surface area (Å²) >= 11 is 6.70. The van der Waals surface area contributed by atoms with E-state index in [1.807, 2.05) is 49.4 Å². The maximum atomic E-state index is 12.9. The predicted octanol–water partition coefficient (Wildman–Crippen LogP) is 3.72. The molecule has 3 heterocycles. The van der Waals surface area contributed by atoms with E-state index < -0.39 is 0 Å². The third-order valence-corrected chi connectivity index (χ3v) is 6.22. The average molecular weight is 447 g/mol. The number of anilines is 1. The Hall–Kier alpha value is -3.42. The summed E-state index contributed by atoms with van der Waals surface area (Å²) < 4.78 is 1.76. The highest BCUT2D eigenvalue weighted by molar-refractivity contribution is 6.30. The molecule has 0 fully saturated rings. The van der Waals surface area contributed by atoms with Crippen molar-refractivity contribution in [2.24, 2.45) is 0 Å². The molecule has 3 N–H and O–H groups in total. The molecular formula is C24H23ClN6O. The first-order valence-corrected chi connectivity index (χ1v) is 10.9. The van der Waals surface area contributed by atoms with Crippen LogP contribution in [-0.4, -0.2) is 31.2 Å². The molecule has 0 saturated heterocycles. The highest BCUT2D eigenvalue weighted by Crippen LogP contribution is 2.27. The molecule has 0 atom stereocenters. The van der Waals surface area contributed by atoms with Gasteiger partial charge in [0.05, 0.1) is 22.6 Å². The van der Waals surface area contributed by atoms with Crippen LogP contribution in [0.4, 0.5) is 5.69 Å². The van der Waals surface area contributed by atoms with E-state index in [9.17, 15) is 4.79 Å². The summed E-state index contributed by atoms with van der Waals surface area (Å²) in [5, 5.41) is 5.23. The SMILES string of the molecule is Cc1nn(-c2ccccc2)c(Cl)c1CN1CCc2nc(-c3ccc(N)cc3)[nH]c(=O)c2C1. The van der Waals surface area contributed by atoms with E-state index in [4.69, 9.17) is 22.3 Å². The van der Waals surface area contributed by atoms with Gasteiger partial charge < -0.3 is 10.7 Å². The van der Waals surface area contributed by atoms with Gasteiger partial charge >= 0.3 is 0 Å². The standard InChI is InChI=1S/C24H23ClN6O/c1-15-19(22(25)31(29-15)18-5-3-2-4-6-18)13-30-12-11-21-20(14-30)24(32)28-23(27-21)16-7-9-17(26)10-8-16/h2-10H,11-14,26H2,1H3,(H,27,28,32). The van der Waals surface area contributed by atoms with Gasteiger partial charge in [0.2, 0.25) is 0 Å². The molecule has 1 aliphatic rings. The molecule has 2 aromatic carbocycles. The number of fused-ring (bicyclic) bond motifs is 1. The quantitative estimate of drug-likeness (QED) is 0.466. The lowest BCUT2D eigenvalue weighted by Crippen LogP contribution is -2.35. The summed E-state index contributed by atoms with van der Waals surface area (Å²) in [6.07, 6.45) is 0.699. The van der Waals surface area contributed by atoms with E-state index in [1.165, 1.54) is 0 Å². The lowest BCUT2D eigenvalue weighted by molar-refractivity contribution is 0.241. The number of halogens is 1. The molecule has 162 valence electrons. The first-order chi connectivity index (χ1) is 15.5. The van der Waals surface area contributed by atoms with Crippen LogP contribution >= 0.6 is 11.6 Å². The average Bonchev–Trinajstić information content (AvgIpc) is 3.09. The number of rotatable bonds is 4. The zero-order chi connectivity index (χ0) is 22.2. The number of aryl methyl sites for hydroxylation is 1. The fraction of sp³-hybridized carbons (Fsp3) is 0.208. The van der Waals surface area contributed by atoms with E-state index in [2.05, 4.69) is 15.0 Å². The van der Waals surface area contributed by atoms with Gasteiger partial charge in [0.15, 0.2) is 0 Å². The fourth-order valence-electron chi connectivity index (χ4n) is 4.07. The molecule has 32 heavy (non-hydrogen) atoms. The smallest absolute Gasteiger partial charge is 0.255 e. The minimum atomic E-state index is -0.102. The van der Waals surface area contributed by atoms with Crippen molar-refractivity contribution in [1.82, 2.24) is 24.6 Å². The summed E-state index contributed by atoms with van der Waals surface area (Å²) in [5.41, 5.74) is 11.5. The summed E-state index contributed by atoms with van der Waals surface area (Å²) in [5.74, 6) is 0.574. The van der Waals surface area contributed by atoms with Crippen LogP contribution in [0.25, 0.3) is 17.1 Å². The first kappa shape index (κ1) is 20.5. The molecule has 0 bridgehead atoms. The second kappa shape index (κ2) is 8.26. The molecule has 7 nitrogen and oxygen atoms in total. The van der Waals surface area contributed by atoms with Crippen molar-refractivity contribution in [2.45, 2.75) is 26.4 Å². The van der Waals surface area contributed by atoms with Crippen LogP contribution in [0.5, 0.6) is 0 Å². The molecule has 1 aliphatic heterocycles. The Bertz CT molecular complexity index is 1330. The third-order valence-electron chi connectivity index (χ3n) is 5.84. The molecule has 0 unspecified atom stereocenters. The molecule has 0 spiro atoms. The number of hydrogen-bond donors (Lipinski definition) is 2. The van der Waals surface area contributed by atoms with Gasteiger partial charge in [-0.2, -0.15) is 5.10 Å². The van der Waals surface area contributed by atoms with Crippen molar-refractivity contribution in [2.75, 3.05) is 12.3 Å². The molecule has 5 rings (SSSR count). The van der Waals surface area contributed by atoms with Gasteiger partial charge in [0, 0.05) is 42.9 Å².